The van der Waals surface area contributed by atoms with Crippen LogP contribution in [-0.2, 0) is 18.9 Å². The normalized spacial score (nSPS) is 19.9. The molecule has 1 rings (SSSR count). The van der Waals surface area contributed by atoms with E-state index in [4.69, 9.17) is 0 Å². The largest absolute Gasteiger partial charge is 0.466 e. The number of hydrogen-bond donors (Lipinski definition) is 0. The number of rotatable bonds is 8. The molecule has 0 radical (unpaired) electrons. The molecule has 0 saturated carbocycles. The van der Waals surface area contributed by atoms with Crippen molar-refractivity contribution in [3.05, 3.63) is 11.5 Å². The van der Waals surface area contributed by atoms with Crippen molar-refractivity contribution in [1.29, 1.82) is 0 Å². The lowest BCUT2D eigenvalue weighted by Crippen LogP contribution is -2.66. The predicted octanol–water partition coefficient (Wildman–Crippen LogP) is 9.22. The standard InChI is InChI=1S/C17H4F28O4/c18-7(19)1(46-3(9(20,21)22)10(23,24)25)2(47-4(11(26,27)28)12(29,30)31)8(17(7,44)45,48-5(13(32,33)34)14(35,36)37)49-6(15(38,39)40)16(41,42)43/h3-6H. The van der Waals surface area contributed by atoms with Crippen LogP contribution in [0.15, 0.2) is 11.5 Å². The van der Waals surface area contributed by atoms with Crippen molar-refractivity contribution in [3.63, 3.8) is 0 Å². The summed E-state index contributed by atoms with van der Waals surface area (Å²) in [6.45, 7) is 0. The van der Waals surface area contributed by atoms with Crippen LogP contribution in [-0.4, -0.2) is 91.5 Å². The van der Waals surface area contributed by atoms with Gasteiger partial charge in [0.15, 0.2) is 0 Å². The molecule has 0 aliphatic heterocycles. The van der Waals surface area contributed by atoms with Gasteiger partial charge in [0, 0.05) is 0 Å². The first-order valence-electron chi connectivity index (χ1n) is 10.6. The van der Waals surface area contributed by atoms with E-state index >= 15 is 8.78 Å². The fourth-order valence-electron chi connectivity index (χ4n) is 3.17. The third kappa shape index (κ3) is 8.97. The average Bonchev–Trinajstić information content (AvgIpc) is 2.85. The number of alkyl halides is 28. The SMILES string of the molecule is FC(F)(F)C(OC1=C(OC(C(F)(F)F)C(F)(F)F)C(OC(C(F)(F)F)C(F)(F)F)(OC(C(F)(F)F)C(F)(F)F)C(F)(F)C1(F)F)C(F)(F)F. The third-order valence-electron chi connectivity index (χ3n) is 5.02. The first-order valence-corrected chi connectivity index (χ1v) is 10.6. The van der Waals surface area contributed by atoms with Crippen LogP contribution in [0.2, 0.25) is 0 Å². The van der Waals surface area contributed by atoms with E-state index in [1.165, 1.54) is 0 Å². The van der Waals surface area contributed by atoms with E-state index in [9.17, 15) is 114 Å². The maximum Gasteiger partial charge on any atom is 0.434 e. The molecule has 0 N–H and O–H groups in total. The van der Waals surface area contributed by atoms with Crippen molar-refractivity contribution in [1.82, 2.24) is 0 Å². The summed E-state index contributed by atoms with van der Waals surface area (Å²) in [5.41, 5.74) is 0. The molecular formula is C17H4F28O4. The predicted molar refractivity (Wildman–Crippen MR) is 87.6 cm³/mol. The molecule has 0 aromatic rings. The Kier molecular flexibility index (Phi) is 11.1. The van der Waals surface area contributed by atoms with Gasteiger partial charge in [-0.3, -0.25) is 0 Å². The number of hydrogen-bond acceptors (Lipinski definition) is 4. The quantitative estimate of drug-likeness (QED) is 0.181. The molecule has 0 atom stereocenters. The minimum Gasteiger partial charge on any atom is -0.466 e. The Labute approximate surface area is 246 Å². The van der Waals surface area contributed by atoms with Gasteiger partial charge < -0.3 is 18.9 Å². The van der Waals surface area contributed by atoms with Crippen LogP contribution in [0.5, 0.6) is 0 Å². The Bertz CT molecular complexity index is 1100. The second kappa shape index (κ2) is 12.2. The molecule has 0 aromatic carbocycles. The van der Waals surface area contributed by atoms with Gasteiger partial charge in [0.25, 0.3) is 24.4 Å². The van der Waals surface area contributed by atoms with E-state index in [1.54, 1.807) is 0 Å². The molecule has 0 bridgehead atoms. The summed E-state index contributed by atoms with van der Waals surface area (Å²) in [6, 6.07) is 0. The molecule has 32 heteroatoms. The van der Waals surface area contributed by atoms with Gasteiger partial charge in [-0.05, 0) is 0 Å². The third-order valence-corrected chi connectivity index (χ3v) is 5.02. The zero-order valence-corrected chi connectivity index (χ0v) is 21.0. The van der Waals surface area contributed by atoms with Crippen LogP contribution >= 0.6 is 0 Å². The summed E-state index contributed by atoms with van der Waals surface area (Å²) in [7, 11) is 0. The van der Waals surface area contributed by atoms with Crippen molar-refractivity contribution in [2.75, 3.05) is 0 Å². The van der Waals surface area contributed by atoms with E-state index in [-0.39, 0.29) is 0 Å². The Morgan fingerprint density at radius 1 is 0.327 bits per heavy atom. The Balaban J connectivity index is 4.79. The van der Waals surface area contributed by atoms with Crippen LogP contribution in [0.1, 0.15) is 0 Å². The molecule has 0 amide bonds. The van der Waals surface area contributed by atoms with Gasteiger partial charge in [-0.15, -0.1) is 0 Å². The molecule has 1 aliphatic carbocycles. The van der Waals surface area contributed by atoms with Crippen LogP contribution in [0, 0.1) is 0 Å². The first-order chi connectivity index (χ1) is 20.9. The lowest BCUT2D eigenvalue weighted by Gasteiger charge is -2.42. The summed E-state index contributed by atoms with van der Waals surface area (Å²) < 4.78 is 383. The summed E-state index contributed by atoms with van der Waals surface area (Å²) in [4.78, 5) is 0. The van der Waals surface area contributed by atoms with Crippen LogP contribution < -0.4 is 0 Å². The average molecular weight is 804 g/mol. The highest BCUT2D eigenvalue weighted by Crippen LogP contribution is 2.64. The molecule has 1 aliphatic rings. The van der Waals surface area contributed by atoms with E-state index < -0.39 is 103 Å². The molecule has 49 heavy (non-hydrogen) atoms. The van der Waals surface area contributed by atoms with E-state index in [2.05, 4.69) is 18.9 Å². The Morgan fingerprint density at radius 3 is 0.735 bits per heavy atom. The van der Waals surface area contributed by atoms with Gasteiger partial charge in [0.05, 0.1) is 0 Å². The van der Waals surface area contributed by atoms with Gasteiger partial charge in [0.1, 0.15) is 0 Å². The molecule has 4 nitrogen and oxygen atoms in total. The minimum atomic E-state index is -8.42. The van der Waals surface area contributed by atoms with Crippen LogP contribution in [0.4, 0.5) is 123 Å². The fraction of sp³-hybridized carbons (Fsp3) is 0.882. The maximum absolute atomic E-state index is 15.1. The summed E-state index contributed by atoms with van der Waals surface area (Å²) in [6.07, 6.45) is -87.7. The number of allylic oxidation sites excluding steroid dienone is 1. The van der Waals surface area contributed by atoms with Crippen molar-refractivity contribution >= 4 is 0 Å². The molecule has 0 fully saturated rings. The Morgan fingerprint density at radius 2 is 0.531 bits per heavy atom. The lowest BCUT2D eigenvalue weighted by atomic mass is 10.1. The summed E-state index contributed by atoms with van der Waals surface area (Å²) >= 11 is 0. The number of ether oxygens (including phenoxy) is 4. The lowest BCUT2D eigenvalue weighted by molar-refractivity contribution is -0.462. The van der Waals surface area contributed by atoms with E-state index in [0.29, 0.717) is 0 Å². The fourth-order valence-corrected chi connectivity index (χ4v) is 3.17. The summed E-state index contributed by atoms with van der Waals surface area (Å²) in [5.74, 6) is -34.8. The minimum absolute atomic E-state index is 2.16. The van der Waals surface area contributed by atoms with Gasteiger partial charge in [0.2, 0.25) is 11.5 Å². The molecule has 0 saturated heterocycles. The Hall–Kier alpha value is -2.70. The van der Waals surface area contributed by atoms with Crippen LogP contribution in [0.3, 0.4) is 0 Å². The van der Waals surface area contributed by atoms with Gasteiger partial charge in [-0.1, -0.05) is 0 Å². The number of halogens is 28. The zero-order chi connectivity index (χ0) is 39.8. The van der Waals surface area contributed by atoms with Crippen molar-refractivity contribution in [2.45, 2.75) is 91.5 Å². The van der Waals surface area contributed by atoms with E-state index in [0.717, 1.165) is 0 Å². The van der Waals surface area contributed by atoms with Crippen molar-refractivity contribution in [3.8, 4) is 0 Å². The second-order valence-electron chi connectivity index (χ2n) is 8.75. The monoisotopic (exact) mass is 804 g/mol. The van der Waals surface area contributed by atoms with Gasteiger partial charge >= 0.3 is 67.0 Å². The van der Waals surface area contributed by atoms with Gasteiger partial charge in [-0.2, -0.15) is 123 Å². The van der Waals surface area contributed by atoms with Crippen LogP contribution in [0.25, 0.3) is 0 Å². The van der Waals surface area contributed by atoms with E-state index in [1.807, 2.05) is 0 Å². The molecule has 0 unspecified atom stereocenters. The molecular weight excluding hydrogens is 800 g/mol. The second-order valence-corrected chi connectivity index (χ2v) is 8.75. The molecule has 292 valence electrons. The van der Waals surface area contributed by atoms with Gasteiger partial charge in [-0.25, -0.2) is 0 Å². The summed E-state index contributed by atoms with van der Waals surface area (Å²) in [5, 5.41) is 0. The zero-order valence-electron chi connectivity index (χ0n) is 21.0. The highest BCUT2D eigenvalue weighted by atomic mass is 19.4. The van der Waals surface area contributed by atoms with Crippen molar-refractivity contribution < 1.29 is 142 Å². The highest BCUT2D eigenvalue weighted by Gasteiger charge is 2.87. The van der Waals surface area contributed by atoms with Crippen molar-refractivity contribution in [2.24, 2.45) is 0 Å². The molecule has 0 aromatic heterocycles. The smallest absolute Gasteiger partial charge is 0.434 e. The molecule has 0 spiro atoms. The maximum atomic E-state index is 15.1. The first kappa shape index (κ1) is 44.3. The highest BCUT2D eigenvalue weighted by molar-refractivity contribution is 5.36. The molecule has 0 heterocycles. The topological polar surface area (TPSA) is 36.9 Å².